The summed E-state index contributed by atoms with van der Waals surface area (Å²) in [7, 11) is 0. The molecule has 0 bridgehead atoms. The lowest BCUT2D eigenvalue weighted by atomic mass is 10.0. The van der Waals surface area contributed by atoms with Gasteiger partial charge in [0.15, 0.2) is 0 Å². The predicted octanol–water partition coefficient (Wildman–Crippen LogP) is 4.46. The van der Waals surface area contributed by atoms with Crippen LogP contribution in [0.1, 0.15) is 71.6 Å². The zero-order valence-corrected chi connectivity index (χ0v) is 11.1. The van der Waals surface area contributed by atoms with Gasteiger partial charge in [-0.1, -0.05) is 58.8 Å². The number of ether oxygens (including phenoxy) is 1. The van der Waals surface area contributed by atoms with Crippen molar-refractivity contribution in [1.29, 1.82) is 0 Å². The number of unbranched alkanes of at least 4 members (excludes halogenated alkanes) is 5. The molecule has 97 valence electrons. The number of aliphatic hydroxyl groups excluding tert-OH is 1. The van der Waals surface area contributed by atoms with Crippen LogP contribution in [0.5, 0.6) is 0 Å². The van der Waals surface area contributed by atoms with E-state index in [0.29, 0.717) is 12.7 Å². The molecule has 0 aliphatic rings. The van der Waals surface area contributed by atoms with Crippen LogP contribution < -0.4 is 0 Å². The number of hydrogen-bond acceptors (Lipinski definition) is 2. The van der Waals surface area contributed by atoms with Crippen LogP contribution in [0.15, 0.2) is 0 Å². The number of aliphatic hydroxyl groups is 1. The average molecular weight is 229 g/mol. The van der Waals surface area contributed by atoms with Gasteiger partial charge in [0.2, 0.25) is 0 Å². The summed E-state index contributed by atoms with van der Waals surface area (Å²) in [6, 6.07) is 0. The summed E-state index contributed by atoms with van der Waals surface area (Å²) in [6.07, 6.45) is 11.8. The van der Waals surface area contributed by atoms with Crippen LogP contribution >= 0.6 is 0 Å². The van der Waals surface area contributed by atoms with Crippen LogP contribution in [0.2, 0.25) is 0 Å². The Morgan fingerprint density at radius 3 is 2.25 bits per heavy atom. The Labute approximate surface area is 101 Å². The van der Waals surface area contributed by atoms with Gasteiger partial charge in [-0.15, -0.1) is 0 Å². The normalized spacial score (nSPS) is 12.9. The molecule has 1 unspecified atom stereocenters. The molecule has 0 aromatic heterocycles. The molecule has 0 aromatic rings. The van der Waals surface area contributed by atoms with E-state index in [0.717, 1.165) is 25.9 Å². The third-order valence-corrected chi connectivity index (χ3v) is 2.90. The van der Waals surface area contributed by atoms with E-state index in [1.54, 1.807) is 0 Å². The van der Waals surface area contributed by atoms with E-state index in [4.69, 9.17) is 9.84 Å². The standard InChI is InChI=1S/C14H29O2/c1-3-5-6-7-8-9-11-14(10-4-2)16-13-12-15/h12,14-15H,3-11,13H2,1-2H3. The van der Waals surface area contributed by atoms with Crippen molar-refractivity contribution in [2.75, 3.05) is 6.61 Å². The first-order chi connectivity index (χ1) is 7.85. The Kier molecular flexibility index (Phi) is 12.9. The van der Waals surface area contributed by atoms with E-state index in [9.17, 15) is 0 Å². The first-order valence-electron chi connectivity index (χ1n) is 6.92. The van der Waals surface area contributed by atoms with Gasteiger partial charge in [0, 0.05) is 0 Å². The molecule has 1 radical (unpaired) electrons. The quantitative estimate of drug-likeness (QED) is 0.501. The van der Waals surface area contributed by atoms with Crippen molar-refractivity contribution in [3.8, 4) is 0 Å². The smallest absolute Gasteiger partial charge is 0.105 e. The summed E-state index contributed by atoms with van der Waals surface area (Å²) in [4.78, 5) is 0. The molecule has 0 spiro atoms. The van der Waals surface area contributed by atoms with E-state index in [1.165, 1.54) is 38.5 Å². The molecular weight excluding hydrogens is 200 g/mol. The van der Waals surface area contributed by atoms with E-state index in [1.807, 2.05) is 0 Å². The first-order valence-corrected chi connectivity index (χ1v) is 6.92. The molecule has 0 saturated heterocycles. The molecule has 0 aliphatic heterocycles. The van der Waals surface area contributed by atoms with Gasteiger partial charge in [0.1, 0.15) is 6.61 Å². The van der Waals surface area contributed by atoms with Crippen LogP contribution in [0.4, 0.5) is 0 Å². The average Bonchev–Trinajstić information content (AvgIpc) is 2.30. The summed E-state index contributed by atoms with van der Waals surface area (Å²) in [5.41, 5.74) is 0. The fourth-order valence-electron chi connectivity index (χ4n) is 1.96. The van der Waals surface area contributed by atoms with Crippen molar-refractivity contribution in [3.05, 3.63) is 6.61 Å². The van der Waals surface area contributed by atoms with Crippen LogP contribution in [0.3, 0.4) is 0 Å². The molecule has 0 amide bonds. The van der Waals surface area contributed by atoms with E-state index >= 15 is 0 Å². The van der Waals surface area contributed by atoms with Crippen LogP contribution in [0.25, 0.3) is 0 Å². The molecule has 1 atom stereocenters. The molecule has 0 fully saturated rings. The van der Waals surface area contributed by atoms with Crippen molar-refractivity contribution in [1.82, 2.24) is 0 Å². The van der Waals surface area contributed by atoms with Gasteiger partial charge in [-0.3, -0.25) is 0 Å². The number of hydrogen-bond donors (Lipinski definition) is 1. The van der Waals surface area contributed by atoms with Crippen LogP contribution in [-0.2, 0) is 4.74 Å². The molecule has 0 aromatic carbocycles. The van der Waals surface area contributed by atoms with Gasteiger partial charge < -0.3 is 9.84 Å². The fourth-order valence-corrected chi connectivity index (χ4v) is 1.96. The Hall–Kier alpha value is -0.0800. The van der Waals surface area contributed by atoms with Gasteiger partial charge >= 0.3 is 0 Å². The van der Waals surface area contributed by atoms with Crippen molar-refractivity contribution < 1.29 is 9.84 Å². The monoisotopic (exact) mass is 229 g/mol. The Morgan fingerprint density at radius 1 is 0.938 bits per heavy atom. The maximum absolute atomic E-state index is 8.60. The van der Waals surface area contributed by atoms with Gasteiger partial charge in [0.25, 0.3) is 0 Å². The van der Waals surface area contributed by atoms with E-state index < -0.39 is 0 Å². The summed E-state index contributed by atoms with van der Waals surface area (Å²) < 4.78 is 5.55. The van der Waals surface area contributed by atoms with Crippen molar-refractivity contribution >= 4 is 0 Å². The third-order valence-electron chi connectivity index (χ3n) is 2.90. The summed E-state index contributed by atoms with van der Waals surface area (Å²) in [6.45, 7) is 5.90. The predicted molar refractivity (Wildman–Crippen MR) is 68.9 cm³/mol. The van der Waals surface area contributed by atoms with Crippen molar-refractivity contribution in [2.24, 2.45) is 0 Å². The second-order valence-electron chi connectivity index (χ2n) is 4.48. The molecule has 2 heteroatoms. The Morgan fingerprint density at radius 2 is 1.62 bits per heavy atom. The highest BCUT2D eigenvalue weighted by atomic mass is 16.5. The molecule has 16 heavy (non-hydrogen) atoms. The number of rotatable bonds is 12. The molecule has 0 saturated carbocycles. The highest BCUT2D eigenvalue weighted by Crippen LogP contribution is 2.13. The SMILES string of the molecule is CCCCCCCCC(CCC)OC[CH]O. The topological polar surface area (TPSA) is 29.5 Å². The maximum atomic E-state index is 8.60. The lowest BCUT2D eigenvalue weighted by Gasteiger charge is -2.16. The second-order valence-corrected chi connectivity index (χ2v) is 4.48. The van der Waals surface area contributed by atoms with Crippen molar-refractivity contribution in [3.63, 3.8) is 0 Å². The van der Waals surface area contributed by atoms with Gasteiger partial charge in [-0.25, -0.2) is 0 Å². The summed E-state index contributed by atoms with van der Waals surface area (Å²) in [5, 5.41) is 8.60. The largest absolute Gasteiger partial charge is 0.388 e. The molecule has 1 N–H and O–H groups in total. The lowest BCUT2D eigenvalue weighted by Crippen LogP contribution is -2.13. The maximum Gasteiger partial charge on any atom is 0.105 e. The van der Waals surface area contributed by atoms with E-state index in [2.05, 4.69) is 13.8 Å². The van der Waals surface area contributed by atoms with Crippen LogP contribution in [0, 0.1) is 6.61 Å². The minimum atomic E-state index is 0.347. The Bertz CT molecular complexity index is 126. The first kappa shape index (κ1) is 15.9. The van der Waals surface area contributed by atoms with Gasteiger partial charge in [-0.05, 0) is 12.8 Å². The zero-order valence-electron chi connectivity index (χ0n) is 11.1. The summed E-state index contributed by atoms with van der Waals surface area (Å²) in [5.74, 6) is 0. The zero-order chi connectivity index (χ0) is 12.1. The third kappa shape index (κ3) is 10.4. The molecule has 0 aliphatic carbocycles. The van der Waals surface area contributed by atoms with Gasteiger partial charge in [-0.2, -0.15) is 0 Å². The second kappa shape index (κ2) is 13.0. The molecule has 2 nitrogen and oxygen atoms in total. The lowest BCUT2D eigenvalue weighted by molar-refractivity contribution is 0.0363. The minimum absolute atomic E-state index is 0.347. The summed E-state index contributed by atoms with van der Waals surface area (Å²) >= 11 is 0. The Balaban J connectivity index is 3.36. The van der Waals surface area contributed by atoms with Crippen molar-refractivity contribution in [2.45, 2.75) is 77.7 Å². The highest BCUT2D eigenvalue weighted by Gasteiger charge is 2.07. The van der Waals surface area contributed by atoms with Gasteiger partial charge in [0.05, 0.1) is 12.7 Å². The van der Waals surface area contributed by atoms with Crippen LogP contribution in [-0.4, -0.2) is 17.8 Å². The molecular formula is C14H29O2. The highest BCUT2D eigenvalue weighted by molar-refractivity contribution is 4.59. The van der Waals surface area contributed by atoms with E-state index in [-0.39, 0.29) is 0 Å². The fraction of sp³-hybridized carbons (Fsp3) is 0.929. The molecule has 0 heterocycles. The minimum Gasteiger partial charge on any atom is -0.388 e. The molecule has 0 rings (SSSR count).